The quantitative estimate of drug-likeness (QED) is 0.515. The zero-order chi connectivity index (χ0) is 19.0. The third kappa shape index (κ3) is 2.83. The molecule has 0 saturated carbocycles. The Labute approximate surface area is 156 Å². The summed E-state index contributed by atoms with van der Waals surface area (Å²) in [5.41, 5.74) is 9.38. The van der Waals surface area contributed by atoms with Gasteiger partial charge in [0.1, 0.15) is 11.4 Å². The van der Waals surface area contributed by atoms with E-state index in [1.807, 2.05) is 55.5 Å². The number of fused-ring (bicyclic) bond motifs is 2. The van der Waals surface area contributed by atoms with Gasteiger partial charge in [-0.3, -0.25) is 0 Å². The first-order chi connectivity index (χ1) is 13.1. The second-order valence-electron chi connectivity index (χ2n) is 6.19. The van der Waals surface area contributed by atoms with Gasteiger partial charge >= 0.3 is 5.97 Å². The van der Waals surface area contributed by atoms with Crippen LogP contribution in [0.3, 0.4) is 0 Å². The average molecular weight is 358 g/mol. The molecule has 0 spiro atoms. The predicted molar refractivity (Wildman–Crippen MR) is 107 cm³/mol. The molecule has 0 amide bonds. The molecule has 0 aliphatic heterocycles. The number of nitrogen functional groups attached to an aromatic ring is 1. The number of carboxylic acids is 1. The lowest BCUT2D eigenvalue weighted by Gasteiger charge is -2.14. The standard InChI is InChI=1S/C22H18N2O3/c1-2-27-21-17-7-3-5-13(15(17)9-11-18(21)23)14-6-4-8-19-16(14)10-12-20(24-19)22(25)26/h3-12H,2,23H2,1H3,(H,25,26). The molecule has 1 heterocycles. The Morgan fingerprint density at radius 1 is 0.963 bits per heavy atom. The van der Waals surface area contributed by atoms with Crippen molar-refractivity contribution in [2.75, 3.05) is 12.3 Å². The molecule has 0 unspecified atom stereocenters. The van der Waals surface area contributed by atoms with Gasteiger partial charge in [0.25, 0.3) is 0 Å². The Morgan fingerprint density at radius 3 is 2.41 bits per heavy atom. The Kier molecular flexibility index (Phi) is 4.12. The monoisotopic (exact) mass is 358 g/mol. The number of aromatic nitrogens is 1. The maximum absolute atomic E-state index is 11.2. The number of hydrogen-bond donors (Lipinski definition) is 2. The van der Waals surface area contributed by atoms with Crippen molar-refractivity contribution in [1.82, 2.24) is 4.98 Å². The number of carbonyl (C=O) groups is 1. The van der Waals surface area contributed by atoms with Gasteiger partial charge in [0.05, 0.1) is 17.8 Å². The number of nitrogens with zero attached hydrogens (tertiary/aromatic N) is 1. The van der Waals surface area contributed by atoms with E-state index in [0.29, 0.717) is 23.6 Å². The number of anilines is 1. The van der Waals surface area contributed by atoms with Crippen LogP contribution in [0, 0.1) is 0 Å². The van der Waals surface area contributed by atoms with Crippen LogP contribution in [0.5, 0.6) is 5.75 Å². The predicted octanol–water partition coefficient (Wildman–Crippen LogP) is 4.73. The van der Waals surface area contributed by atoms with Crippen LogP contribution in [0.4, 0.5) is 5.69 Å². The fourth-order valence-corrected chi connectivity index (χ4v) is 3.40. The highest BCUT2D eigenvalue weighted by Gasteiger charge is 2.13. The second-order valence-corrected chi connectivity index (χ2v) is 6.19. The van der Waals surface area contributed by atoms with E-state index in [2.05, 4.69) is 4.98 Å². The van der Waals surface area contributed by atoms with Crippen LogP contribution in [-0.2, 0) is 0 Å². The Balaban J connectivity index is 2.00. The molecular weight excluding hydrogens is 340 g/mol. The molecule has 27 heavy (non-hydrogen) atoms. The summed E-state index contributed by atoms with van der Waals surface area (Å²) in [6, 6.07) is 18.9. The van der Waals surface area contributed by atoms with E-state index in [9.17, 15) is 9.90 Å². The zero-order valence-corrected chi connectivity index (χ0v) is 14.8. The lowest BCUT2D eigenvalue weighted by molar-refractivity contribution is 0.0691. The first-order valence-corrected chi connectivity index (χ1v) is 8.67. The fourth-order valence-electron chi connectivity index (χ4n) is 3.40. The van der Waals surface area contributed by atoms with Crippen molar-refractivity contribution >= 4 is 33.3 Å². The minimum Gasteiger partial charge on any atom is -0.491 e. The molecular formula is C22H18N2O3. The summed E-state index contributed by atoms with van der Waals surface area (Å²) in [6.07, 6.45) is 0. The molecule has 0 radical (unpaired) electrons. The summed E-state index contributed by atoms with van der Waals surface area (Å²) >= 11 is 0. The molecule has 0 bridgehead atoms. The van der Waals surface area contributed by atoms with Gasteiger partial charge in [-0.05, 0) is 47.7 Å². The van der Waals surface area contributed by atoms with Crippen LogP contribution in [-0.4, -0.2) is 22.7 Å². The maximum atomic E-state index is 11.2. The number of pyridine rings is 1. The van der Waals surface area contributed by atoms with Gasteiger partial charge in [-0.1, -0.05) is 36.4 Å². The third-order valence-corrected chi connectivity index (χ3v) is 4.57. The molecule has 0 fully saturated rings. The van der Waals surface area contributed by atoms with Gasteiger partial charge in [0.2, 0.25) is 0 Å². The number of benzene rings is 3. The molecule has 4 aromatic rings. The molecule has 0 aliphatic rings. The van der Waals surface area contributed by atoms with E-state index in [0.717, 1.165) is 27.3 Å². The highest BCUT2D eigenvalue weighted by molar-refractivity contribution is 6.07. The molecule has 4 rings (SSSR count). The summed E-state index contributed by atoms with van der Waals surface area (Å²) in [4.78, 5) is 15.5. The fraction of sp³-hybridized carbons (Fsp3) is 0.0909. The summed E-state index contributed by atoms with van der Waals surface area (Å²) < 4.78 is 5.77. The van der Waals surface area contributed by atoms with Crippen LogP contribution >= 0.6 is 0 Å². The molecule has 0 aliphatic carbocycles. The van der Waals surface area contributed by atoms with E-state index < -0.39 is 5.97 Å². The smallest absolute Gasteiger partial charge is 0.354 e. The van der Waals surface area contributed by atoms with E-state index in [-0.39, 0.29) is 5.69 Å². The highest BCUT2D eigenvalue weighted by atomic mass is 16.5. The summed E-state index contributed by atoms with van der Waals surface area (Å²) in [6.45, 7) is 2.46. The summed E-state index contributed by atoms with van der Waals surface area (Å²) in [5, 5.41) is 12.0. The molecule has 1 aromatic heterocycles. The minimum atomic E-state index is -1.04. The van der Waals surface area contributed by atoms with Crippen LogP contribution < -0.4 is 10.5 Å². The number of rotatable bonds is 4. The van der Waals surface area contributed by atoms with Gasteiger partial charge in [-0.25, -0.2) is 9.78 Å². The van der Waals surface area contributed by atoms with Crippen molar-refractivity contribution < 1.29 is 14.6 Å². The van der Waals surface area contributed by atoms with E-state index in [4.69, 9.17) is 10.5 Å². The molecule has 3 N–H and O–H groups in total. The van der Waals surface area contributed by atoms with Crippen LogP contribution in [0.1, 0.15) is 17.4 Å². The molecule has 0 atom stereocenters. The van der Waals surface area contributed by atoms with Crippen molar-refractivity contribution in [3.63, 3.8) is 0 Å². The first kappa shape index (κ1) is 16.8. The Bertz CT molecular complexity index is 1180. The lowest BCUT2D eigenvalue weighted by atomic mass is 9.94. The number of nitrogens with two attached hydrogens (primary N) is 1. The minimum absolute atomic E-state index is 0.0315. The van der Waals surface area contributed by atoms with Crippen LogP contribution in [0.15, 0.2) is 60.7 Å². The van der Waals surface area contributed by atoms with Gasteiger partial charge in [0.15, 0.2) is 0 Å². The van der Waals surface area contributed by atoms with E-state index in [1.54, 1.807) is 6.07 Å². The van der Waals surface area contributed by atoms with Gasteiger partial charge < -0.3 is 15.6 Å². The third-order valence-electron chi connectivity index (χ3n) is 4.57. The maximum Gasteiger partial charge on any atom is 0.354 e. The molecule has 5 nitrogen and oxygen atoms in total. The lowest BCUT2D eigenvalue weighted by Crippen LogP contribution is -2.00. The highest BCUT2D eigenvalue weighted by Crippen LogP contribution is 2.39. The average Bonchev–Trinajstić information content (AvgIpc) is 2.68. The number of aromatic carboxylic acids is 1. The van der Waals surface area contributed by atoms with Gasteiger partial charge in [0, 0.05) is 10.8 Å². The molecule has 5 heteroatoms. The molecule has 3 aromatic carbocycles. The number of ether oxygens (including phenoxy) is 1. The van der Waals surface area contributed by atoms with Crippen molar-refractivity contribution in [2.24, 2.45) is 0 Å². The summed E-state index contributed by atoms with van der Waals surface area (Å²) in [7, 11) is 0. The van der Waals surface area contributed by atoms with Crippen molar-refractivity contribution in [1.29, 1.82) is 0 Å². The van der Waals surface area contributed by atoms with Gasteiger partial charge in [-0.15, -0.1) is 0 Å². The Hall–Kier alpha value is -3.60. The zero-order valence-electron chi connectivity index (χ0n) is 14.8. The van der Waals surface area contributed by atoms with E-state index in [1.165, 1.54) is 6.07 Å². The SMILES string of the molecule is CCOc1c(N)ccc2c(-c3cccc4nc(C(=O)O)ccc34)cccc12. The largest absolute Gasteiger partial charge is 0.491 e. The number of hydrogen-bond acceptors (Lipinski definition) is 4. The molecule has 134 valence electrons. The first-order valence-electron chi connectivity index (χ1n) is 8.67. The van der Waals surface area contributed by atoms with Crippen molar-refractivity contribution in [3.05, 3.63) is 66.4 Å². The van der Waals surface area contributed by atoms with E-state index >= 15 is 0 Å². The Morgan fingerprint density at radius 2 is 1.67 bits per heavy atom. The number of carboxylic acid groups (broad SMARTS) is 1. The van der Waals surface area contributed by atoms with Crippen molar-refractivity contribution in [3.8, 4) is 16.9 Å². The normalized spacial score (nSPS) is 11.0. The second kappa shape index (κ2) is 6.61. The van der Waals surface area contributed by atoms with Crippen LogP contribution in [0.2, 0.25) is 0 Å². The topological polar surface area (TPSA) is 85.4 Å². The van der Waals surface area contributed by atoms with Gasteiger partial charge in [-0.2, -0.15) is 0 Å². The molecule has 0 saturated heterocycles. The van der Waals surface area contributed by atoms with Crippen molar-refractivity contribution in [2.45, 2.75) is 6.92 Å². The van der Waals surface area contributed by atoms with Crippen LogP contribution in [0.25, 0.3) is 32.8 Å². The summed E-state index contributed by atoms with van der Waals surface area (Å²) in [5.74, 6) is -0.354.